The lowest BCUT2D eigenvalue weighted by molar-refractivity contribution is 0.719. The molecule has 2 atom stereocenters. The molecule has 0 amide bonds. The monoisotopic (exact) mass is 201 g/mol. The summed E-state index contributed by atoms with van der Waals surface area (Å²) in [5, 5.41) is 8.65. The smallest absolute Gasteiger partial charge is 0.128 e. The van der Waals surface area contributed by atoms with E-state index in [-0.39, 0.29) is 0 Å². The van der Waals surface area contributed by atoms with E-state index in [0.29, 0.717) is 5.56 Å². The summed E-state index contributed by atoms with van der Waals surface area (Å²) in [5.41, 5.74) is 0.618. The average Bonchev–Trinajstić information content (AvgIpc) is 2.94. The summed E-state index contributed by atoms with van der Waals surface area (Å²) in [6, 6.07) is 5.80. The van der Waals surface area contributed by atoms with Crippen LogP contribution in [0, 0.1) is 23.2 Å². The maximum Gasteiger partial charge on any atom is 0.128 e. The Balaban J connectivity index is 1.99. The van der Waals surface area contributed by atoms with Crippen molar-refractivity contribution < 1.29 is 0 Å². The summed E-state index contributed by atoms with van der Waals surface area (Å²) >= 11 is 0. The highest BCUT2D eigenvalue weighted by molar-refractivity contribution is 5.41. The molecule has 1 fully saturated rings. The van der Waals surface area contributed by atoms with Crippen LogP contribution in [0.4, 0.5) is 5.82 Å². The SMILES string of the molecule is CC1CC1CN(C)c1ccc(C#N)cn1. The van der Waals surface area contributed by atoms with Gasteiger partial charge in [-0.2, -0.15) is 5.26 Å². The van der Waals surface area contributed by atoms with Gasteiger partial charge in [-0.15, -0.1) is 0 Å². The number of anilines is 1. The third kappa shape index (κ3) is 2.27. The van der Waals surface area contributed by atoms with Crippen LogP contribution in [0.2, 0.25) is 0 Å². The molecule has 1 aliphatic rings. The molecule has 0 spiro atoms. The Kier molecular flexibility index (Phi) is 2.59. The van der Waals surface area contributed by atoms with Crippen molar-refractivity contribution in [1.29, 1.82) is 5.26 Å². The summed E-state index contributed by atoms with van der Waals surface area (Å²) < 4.78 is 0. The van der Waals surface area contributed by atoms with Gasteiger partial charge in [-0.3, -0.25) is 0 Å². The van der Waals surface area contributed by atoms with Gasteiger partial charge in [0.2, 0.25) is 0 Å². The van der Waals surface area contributed by atoms with E-state index < -0.39 is 0 Å². The van der Waals surface area contributed by atoms with Crippen LogP contribution in [-0.4, -0.2) is 18.6 Å². The Labute approximate surface area is 90.4 Å². The van der Waals surface area contributed by atoms with Crippen molar-refractivity contribution in [2.24, 2.45) is 11.8 Å². The quantitative estimate of drug-likeness (QED) is 0.751. The van der Waals surface area contributed by atoms with Gasteiger partial charge < -0.3 is 4.90 Å². The van der Waals surface area contributed by atoms with Crippen molar-refractivity contribution in [3.63, 3.8) is 0 Å². The van der Waals surface area contributed by atoms with Crippen LogP contribution in [0.1, 0.15) is 18.9 Å². The molecule has 0 aromatic carbocycles. The Hall–Kier alpha value is -1.56. The molecule has 3 heteroatoms. The molecule has 0 N–H and O–H groups in total. The average molecular weight is 201 g/mol. The normalized spacial score (nSPS) is 23.3. The zero-order valence-electron chi connectivity index (χ0n) is 9.14. The fourth-order valence-electron chi connectivity index (χ4n) is 1.78. The van der Waals surface area contributed by atoms with E-state index in [0.717, 1.165) is 24.2 Å². The zero-order chi connectivity index (χ0) is 10.8. The molecule has 0 saturated heterocycles. The summed E-state index contributed by atoms with van der Waals surface area (Å²) in [5.74, 6) is 2.64. The van der Waals surface area contributed by atoms with Gasteiger partial charge >= 0.3 is 0 Å². The Morgan fingerprint density at radius 2 is 2.33 bits per heavy atom. The first-order valence-corrected chi connectivity index (χ1v) is 5.28. The molecule has 0 radical (unpaired) electrons. The minimum absolute atomic E-state index is 0.618. The highest BCUT2D eigenvalue weighted by atomic mass is 15.2. The van der Waals surface area contributed by atoms with Crippen LogP contribution in [0.3, 0.4) is 0 Å². The largest absolute Gasteiger partial charge is 0.359 e. The summed E-state index contributed by atoms with van der Waals surface area (Å²) in [7, 11) is 2.05. The first-order valence-electron chi connectivity index (χ1n) is 5.28. The second-order valence-electron chi connectivity index (χ2n) is 4.37. The molecule has 1 heterocycles. The molecule has 0 aliphatic heterocycles. The van der Waals surface area contributed by atoms with Crippen molar-refractivity contribution in [3.05, 3.63) is 23.9 Å². The van der Waals surface area contributed by atoms with E-state index in [1.165, 1.54) is 6.42 Å². The molecule has 1 aromatic rings. The maximum atomic E-state index is 8.65. The topological polar surface area (TPSA) is 39.9 Å². The van der Waals surface area contributed by atoms with Crippen LogP contribution in [-0.2, 0) is 0 Å². The van der Waals surface area contributed by atoms with Gasteiger partial charge in [-0.05, 0) is 30.4 Å². The number of aromatic nitrogens is 1. The molecular weight excluding hydrogens is 186 g/mol. The van der Waals surface area contributed by atoms with E-state index in [2.05, 4.69) is 29.9 Å². The van der Waals surface area contributed by atoms with E-state index in [9.17, 15) is 0 Å². The van der Waals surface area contributed by atoms with Crippen LogP contribution in [0.15, 0.2) is 18.3 Å². The first kappa shape index (κ1) is 9.97. The molecule has 2 rings (SSSR count). The molecule has 78 valence electrons. The molecule has 1 aromatic heterocycles. The number of nitriles is 1. The molecule has 15 heavy (non-hydrogen) atoms. The van der Waals surface area contributed by atoms with Gasteiger partial charge in [-0.25, -0.2) is 4.98 Å². The van der Waals surface area contributed by atoms with Crippen molar-refractivity contribution in [3.8, 4) is 6.07 Å². The van der Waals surface area contributed by atoms with Crippen molar-refractivity contribution >= 4 is 5.82 Å². The van der Waals surface area contributed by atoms with E-state index in [1.807, 2.05) is 12.1 Å². The van der Waals surface area contributed by atoms with Gasteiger partial charge in [0, 0.05) is 19.8 Å². The Morgan fingerprint density at radius 1 is 1.60 bits per heavy atom. The molecule has 2 unspecified atom stereocenters. The molecule has 0 bridgehead atoms. The highest BCUT2D eigenvalue weighted by Crippen LogP contribution is 2.38. The van der Waals surface area contributed by atoms with Crippen LogP contribution >= 0.6 is 0 Å². The lowest BCUT2D eigenvalue weighted by Gasteiger charge is -2.17. The number of rotatable bonds is 3. The Bertz CT molecular complexity index is 377. The summed E-state index contributed by atoms with van der Waals surface area (Å²) in [6.45, 7) is 3.35. The van der Waals surface area contributed by atoms with E-state index in [1.54, 1.807) is 6.20 Å². The van der Waals surface area contributed by atoms with Crippen LogP contribution in [0.25, 0.3) is 0 Å². The lowest BCUT2D eigenvalue weighted by atomic mass is 10.3. The number of pyridine rings is 1. The third-order valence-electron chi connectivity index (χ3n) is 3.05. The zero-order valence-corrected chi connectivity index (χ0v) is 9.14. The maximum absolute atomic E-state index is 8.65. The van der Waals surface area contributed by atoms with Crippen LogP contribution < -0.4 is 4.90 Å². The standard InChI is InChI=1S/C12H15N3/c1-9-5-11(9)8-15(2)12-4-3-10(6-13)7-14-12/h3-4,7,9,11H,5,8H2,1-2H3. The second kappa shape index (κ2) is 3.90. The number of nitrogens with zero attached hydrogens (tertiary/aromatic N) is 3. The van der Waals surface area contributed by atoms with E-state index in [4.69, 9.17) is 5.26 Å². The summed E-state index contributed by atoms with van der Waals surface area (Å²) in [6.07, 6.45) is 2.96. The van der Waals surface area contributed by atoms with Gasteiger partial charge in [0.15, 0.2) is 0 Å². The van der Waals surface area contributed by atoms with Gasteiger partial charge in [0.25, 0.3) is 0 Å². The molecule has 1 saturated carbocycles. The molecule has 3 nitrogen and oxygen atoms in total. The molecule has 1 aliphatic carbocycles. The Morgan fingerprint density at radius 3 is 2.80 bits per heavy atom. The third-order valence-corrected chi connectivity index (χ3v) is 3.05. The highest BCUT2D eigenvalue weighted by Gasteiger charge is 2.33. The molecular formula is C12H15N3. The van der Waals surface area contributed by atoms with Gasteiger partial charge in [0.1, 0.15) is 11.9 Å². The summed E-state index contributed by atoms with van der Waals surface area (Å²) in [4.78, 5) is 6.42. The number of hydrogen-bond acceptors (Lipinski definition) is 3. The van der Waals surface area contributed by atoms with Crippen molar-refractivity contribution in [1.82, 2.24) is 4.98 Å². The lowest BCUT2D eigenvalue weighted by Crippen LogP contribution is -2.21. The van der Waals surface area contributed by atoms with Gasteiger partial charge in [0.05, 0.1) is 5.56 Å². The predicted octanol–water partition coefficient (Wildman–Crippen LogP) is 2.05. The minimum Gasteiger partial charge on any atom is -0.359 e. The fourth-order valence-corrected chi connectivity index (χ4v) is 1.78. The minimum atomic E-state index is 0.618. The van der Waals surface area contributed by atoms with Crippen molar-refractivity contribution in [2.75, 3.05) is 18.5 Å². The first-order chi connectivity index (χ1) is 7.20. The predicted molar refractivity (Wildman–Crippen MR) is 59.5 cm³/mol. The van der Waals surface area contributed by atoms with E-state index >= 15 is 0 Å². The van der Waals surface area contributed by atoms with Gasteiger partial charge in [-0.1, -0.05) is 6.92 Å². The van der Waals surface area contributed by atoms with Crippen LogP contribution in [0.5, 0.6) is 0 Å². The van der Waals surface area contributed by atoms with Crippen molar-refractivity contribution in [2.45, 2.75) is 13.3 Å². The second-order valence-corrected chi connectivity index (χ2v) is 4.37. The number of hydrogen-bond donors (Lipinski definition) is 0. The fraction of sp³-hybridized carbons (Fsp3) is 0.500.